The molecule has 1 unspecified atom stereocenters. The number of hydrogen-bond donors (Lipinski definition) is 1. The van der Waals surface area contributed by atoms with Crippen molar-refractivity contribution in [3.05, 3.63) is 35.9 Å². The molecule has 1 N–H and O–H groups in total. The Hall–Kier alpha value is -1.11. The second kappa shape index (κ2) is 5.48. The maximum Gasteiger partial charge on any atom is 0.414 e. The Morgan fingerprint density at radius 2 is 1.74 bits per heavy atom. The lowest BCUT2D eigenvalue weighted by Crippen LogP contribution is -2.44. The van der Waals surface area contributed by atoms with Crippen molar-refractivity contribution in [1.29, 1.82) is 0 Å². The summed E-state index contributed by atoms with van der Waals surface area (Å²) < 4.78 is 48.5. The minimum Gasteiger partial charge on any atom is -0.383 e. The Kier molecular flexibility index (Phi) is 4.13. The number of aliphatic hydroxyl groups excluding tert-OH is 1. The molecule has 0 spiro atoms. The van der Waals surface area contributed by atoms with Crippen LogP contribution in [0.5, 0.6) is 0 Å². The zero-order valence-electron chi connectivity index (χ0n) is 10.2. The molecule has 1 saturated heterocycles. The second-order valence-electron chi connectivity index (χ2n) is 4.43. The van der Waals surface area contributed by atoms with Crippen LogP contribution in [-0.4, -0.2) is 30.6 Å². The van der Waals surface area contributed by atoms with E-state index >= 15 is 0 Å². The zero-order valence-corrected chi connectivity index (χ0v) is 10.2. The summed E-state index contributed by atoms with van der Waals surface area (Å²) in [4.78, 5) is 0. The summed E-state index contributed by atoms with van der Waals surface area (Å²) in [7, 11) is 0. The topological polar surface area (TPSA) is 38.7 Å². The lowest BCUT2D eigenvalue weighted by atomic mass is 9.98. The summed E-state index contributed by atoms with van der Waals surface area (Å²) in [6.07, 6.45) is -7.21. The summed E-state index contributed by atoms with van der Waals surface area (Å²) in [5.41, 5.74) is 0.484. The molecule has 1 aromatic rings. The first kappa shape index (κ1) is 14.3. The highest BCUT2D eigenvalue weighted by Gasteiger charge is 2.47. The van der Waals surface area contributed by atoms with Crippen molar-refractivity contribution in [3.8, 4) is 0 Å². The zero-order chi connectivity index (χ0) is 13.9. The molecule has 0 saturated carbocycles. The van der Waals surface area contributed by atoms with Crippen LogP contribution in [0.2, 0.25) is 0 Å². The van der Waals surface area contributed by atoms with Crippen molar-refractivity contribution >= 4 is 0 Å². The number of aliphatic hydroxyl groups is 1. The first-order chi connectivity index (χ1) is 8.94. The third-order valence-corrected chi connectivity index (χ3v) is 3.01. The number of halogens is 3. The molecule has 0 amide bonds. The third-order valence-electron chi connectivity index (χ3n) is 3.01. The molecule has 2 rings (SSSR count). The van der Waals surface area contributed by atoms with Crippen LogP contribution in [-0.2, 0) is 15.3 Å². The summed E-state index contributed by atoms with van der Waals surface area (Å²) in [6, 6.07) is 8.40. The molecule has 19 heavy (non-hydrogen) atoms. The quantitative estimate of drug-likeness (QED) is 0.922. The van der Waals surface area contributed by atoms with Gasteiger partial charge in [0.2, 0.25) is 0 Å². The maximum absolute atomic E-state index is 12.5. The van der Waals surface area contributed by atoms with Crippen LogP contribution in [0, 0.1) is 0 Å². The number of hydrogen-bond acceptors (Lipinski definition) is 3. The molecule has 0 bridgehead atoms. The molecule has 1 atom stereocenters. The van der Waals surface area contributed by atoms with E-state index in [9.17, 15) is 18.3 Å². The standard InChI is InChI=1S/C13H15F3O3/c14-13(15,16)11(17)9-12(18-7-4-8-19-12)10-5-2-1-3-6-10/h1-3,5-6,11,17H,4,7-9H2. The normalized spacial score (nSPS) is 21.1. The van der Waals surface area contributed by atoms with E-state index in [2.05, 4.69) is 0 Å². The maximum atomic E-state index is 12.5. The number of rotatable bonds is 3. The average Bonchev–Trinajstić information content (AvgIpc) is 2.40. The van der Waals surface area contributed by atoms with Crippen LogP contribution >= 0.6 is 0 Å². The molecule has 0 radical (unpaired) electrons. The van der Waals surface area contributed by atoms with Gasteiger partial charge in [0.05, 0.1) is 13.2 Å². The molecular formula is C13H15F3O3. The fourth-order valence-corrected chi connectivity index (χ4v) is 2.04. The van der Waals surface area contributed by atoms with Gasteiger partial charge in [-0.2, -0.15) is 13.2 Å². The average molecular weight is 276 g/mol. The van der Waals surface area contributed by atoms with Crippen LogP contribution < -0.4 is 0 Å². The van der Waals surface area contributed by atoms with Crippen LogP contribution in [0.4, 0.5) is 13.2 Å². The van der Waals surface area contributed by atoms with Crippen LogP contribution in [0.1, 0.15) is 18.4 Å². The van der Waals surface area contributed by atoms with Crippen LogP contribution in [0.15, 0.2) is 30.3 Å². The highest BCUT2D eigenvalue weighted by molar-refractivity contribution is 5.21. The number of benzene rings is 1. The van der Waals surface area contributed by atoms with E-state index in [1.165, 1.54) is 0 Å². The van der Waals surface area contributed by atoms with E-state index in [4.69, 9.17) is 9.47 Å². The van der Waals surface area contributed by atoms with Gasteiger partial charge in [-0.3, -0.25) is 0 Å². The van der Waals surface area contributed by atoms with E-state index in [0.717, 1.165) is 0 Å². The van der Waals surface area contributed by atoms with Crippen molar-refractivity contribution in [3.63, 3.8) is 0 Å². The number of ether oxygens (including phenoxy) is 2. The van der Waals surface area contributed by atoms with Crippen molar-refractivity contribution in [1.82, 2.24) is 0 Å². The van der Waals surface area contributed by atoms with E-state index in [-0.39, 0.29) is 0 Å². The SMILES string of the molecule is OC(CC1(c2ccccc2)OCCCO1)C(F)(F)F. The van der Waals surface area contributed by atoms with Gasteiger partial charge in [0.1, 0.15) is 0 Å². The summed E-state index contributed by atoms with van der Waals surface area (Å²) >= 11 is 0. The van der Waals surface area contributed by atoms with Gasteiger partial charge < -0.3 is 14.6 Å². The van der Waals surface area contributed by atoms with Crippen LogP contribution in [0.25, 0.3) is 0 Å². The molecule has 0 aromatic heterocycles. The molecule has 6 heteroatoms. The van der Waals surface area contributed by atoms with Gasteiger partial charge in [0.15, 0.2) is 11.9 Å². The second-order valence-corrected chi connectivity index (χ2v) is 4.43. The molecule has 106 valence electrons. The minimum atomic E-state index is -4.69. The lowest BCUT2D eigenvalue weighted by molar-refractivity contribution is -0.308. The van der Waals surface area contributed by atoms with Gasteiger partial charge in [-0.05, 0) is 6.42 Å². The Bertz CT molecular complexity index is 399. The van der Waals surface area contributed by atoms with Crippen molar-refractivity contribution in [2.75, 3.05) is 13.2 Å². The first-order valence-electron chi connectivity index (χ1n) is 6.02. The Balaban J connectivity index is 2.25. The van der Waals surface area contributed by atoms with Crippen LogP contribution in [0.3, 0.4) is 0 Å². The van der Waals surface area contributed by atoms with Gasteiger partial charge in [-0.1, -0.05) is 30.3 Å². The molecule has 1 aromatic carbocycles. The molecule has 1 aliphatic heterocycles. The molecule has 1 aliphatic rings. The molecule has 1 heterocycles. The first-order valence-corrected chi connectivity index (χ1v) is 6.02. The van der Waals surface area contributed by atoms with E-state index < -0.39 is 24.5 Å². The third kappa shape index (κ3) is 3.26. The fraction of sp³-hybridized carbons (Fsp3) is 0.538. The van der Waals surface area contributed by atoms with Crippen molar-refractivity contribution in [2.24, 2.45) is 0 Å². The van der Waals surface area contributed by atoms with Gasteiger partial charge in [-0.15, -0.1) is 0 Å². The molecular weight excluding hydrogens is 261 g/mol. The Labute approximate surface area is 108 Å². The summed E-state index contributed by atoms with van der Waals surface area (Å²) in [5.74, 6) is -1.52. The van der Waals surface area contributed by atoms with Gasteiger partial charge >= 0.3 is 6.18 Å². The monoisotopic (exact) mass is 276 g/mol. The van der Waals surface area contributed by atoms with Crippen molar-refractivity contribution in [2.45, 2.75) is 30.9 Å². The van der Waals surface area contributed by atoms with E-state index in [1.807, 2.05) is 0 Å². The molecule has 0 aliphatic carbocycles. The summed E-state index contributed by atoms with van der Waals surface area (Å²) in [6.45, 7) is 0.610. The van der Waals surface area contributed by atoms with Crippen molar-refractivity contribution < 1.29 is 27.8 Å². The highest BCUT2D eigenvalue weighted by atomic mass is 19.4. The van der Waals surface area contributed by atoms with Gasteiger partial charge in [0, 0.05) is 12.0 Å². The Morgan fingerprint density at radius 3 is 2.26 bits per heavy atom. The highest BCUT2D eigenvalue weighted by Crippen LogP contribution is 2.38. The minimum absolute atomic E-state index is 0.305. The van der Waals surface area contributed by atoms with E-state index in [0.29, 0.717) is 25.2 Å². The number of alkyl halides is 3. The molecule has 3 nitrogen and oxygen atoms in total. The van der Waals surface area contributed by atoms with Gasteiger partial charge in [-0.25, -0.2) is 0 Å². The van der Waals surface area contributed by atoms with E-state index in [1.54, 1.807) is 30.3 Å². The fourth-order valence-electron chi connectivity index (χ4n) is 2.04. The largest absolute Gasteiger partial charge is 0.414 e. The lowest BCUT2D eigenvalue weighted by Gasteiger charge is -2.39. The van der Waals surface area contributed by atoms with Gasteiger partial charge in [0.25, 0.3) is 0 Å². The predicted octanol–water partition coefficient (Wildman–Crippen LogP) is 2.59. The molecule has 1 fully saturated rings. The summed E-state index contributed by atoms with van der Waals surface area (Å²) in [5, 5.41) is 9.28. The predicted molar refractivity (Wildman–Crippen MR) is 61.3 cm³/mol. The Morgan fingerprint density at radius 1 is 1.16 bits per heavy atom. The smallest absolute Gasteiger partial charge is 0.383 e.